The van der Waals surface area contributed by atoms with Gasteiger partial charge in [0, 0.05) is 6.08 Å². The number of para-hydroxylation sites is 1. The molecule has 0 atom stereocenters. The highest BCUT2D eigenvalue weighted by Gasteiger charge is 2.06. The van der Waals surface area contributed by atoms with E-state index in [1.165, 1.54) is 42.7 Å². The van der Waals surface area contributed by atoms with Crippen molar-refractivity contribution in [2.45, 2.75) is 6.61 Å². The maximum absolute atomic E-state index is 13.6. The van der Waals surface area contributed by atoms with Crippen LogP contribution in [0.4, 0.5) is 4.39 Å². The van der Waals surface area contributed by atoms with Crippen molar-refractivity contribution >= 4 is 33.6 Å². The van der Waals surface area contributed by atoms with E-state index in [0.717, 1.165) is 15.2 Å². The van der Waals surface area contributed by atoms with E-state index >= 15 is 0 Å². The summed E-state index contributed by atoms with van der Waals surface area (Å²) in [5.74, 6) is -0.835. The molecule has 1 heterocycles. The third-order valence-corrected chi connectivity index (χ3v) is 4.27. The Bertz CT molecular complexity index is 871. The lowest BCUT2D eigenvalue weighted by molar-refractivity contribution is -0.138. The molecule has 0 aliphatic heterocycles. The first kappa shape index (κ1) is 16.1. The van der Waals surface area contributed by atoms with Gasteiger partial charge in [0.05, 0.1) is 17.3 Å². The molecule has 0 saturated heterocycles. The third-order valence-electron chi connectivity index (χ3n) is 3.26. The number of carbonyl (C=O) groups is 1. The molecule has 0 amide bonds. The van der Waals surface area contributed by atoms with Crippen molar-refractivity contribution < 1.29 is 18.7 Å². The van der Waals surface area contributed by atoms with Crippen LogP contribution in [0, 0.1) is 5.82 Å². The zero-order chi connectivity index (χ0) is 16.9. The Kier molecular flexibility index (Phi) is 4.86. The van der Waals surface area contributed by atoms with E-state index in [9.17, 15) is 9.18 Å². The van der Waals surface area contributed by atoms with Gasteiger partial charge in [-0.15, -0.1) is 11.3 Å². The van der Waals surface area contributed by atoms with E-state index < -0.39 is 11.8 Å². The fourth-order valence-electron chi connectivity index (χ4n) is 2.11. The van der Waals surface area contributed by atoms with E-state index in [0.29, 0.717) is 5.56 Å². The van der Waals surface area contributed by atoms with Crippen LogP contribution in [0.5, 0.6) is 5.75 Å². The van der Waals surface area contributed by atoms with Gasteiger partial charge in [-0.2, -0.15) is 0 Å². The number of nitrogens with zero attached hydrogens (tertiary/aromatic N) is 1. The molecule has 2 aromatic carbocycles. The highest BCUT2D eigenvalue weighted by molar-refractivity contribution is 7.18. The van der Waals surface area contributed by atoms with Crippen molar-refractivity contribution in [3.8, 4) is 5.75 Å². The second kappa shape index (κ2) is 7.23. The predicted molar refractivity (Wildman–Crippen MR) is 91.4 cm³/mol. The number of esters is 1. The average Bonchev–Trinajstić information content (AvgIpc) is 3.01. The molecule has 0 saturated carbocycles. The molecule has 0 spiro atoms. The topological polar surface area (TPSA) is 48.4 Å². The minimum absolute atomic E-state index is 0.111. The molecule has 0 bridgehead atoms. The van der Waals surface area contributed by atoms with Crippen molar-refractivity contribution in [3.05, 3.63) is 64.9 Å². The van der Waals surface area contributed by atoms with Gasteiger partial charge in [0.25, 0.3) is 0 Å². The van der Waals surface area contributed by atoms with E-state index in [-0.39, 0.29) is 12.4 Å². The van der Waals surface area contributed by atoms with E-state index in [2.05, 4.69) is 4.98 Å². The second-order valence-corrected chi connectivity index (χ2v) is 6.03. The van der Waals surface area contributed by atoms with Gasteiger partial charge in [0.15, 0.2) is 11.6 Å². The molecule has 0 N–H and O–H groups in total. The number of methoxy groups -OCH3 is 1. The van der Waals surface area contributed by atoms with Crippen LogP contribution in [0.2, 0.25) is 0 Å². The molecule has 3 rings (SSSR count). The Morgan fingerprint density at radius 3 is 2.88 bits per heavy atom. The Labute approximate surface area is 142 Å². The highest BCUT2D eigenvalue weighted by Crippen LogP contribution is 2.22. The summed E-state index contributed by atoms with van der Waals surface area (Å²) in [5, 5.41) is 0.730. The monoisotopic (exact) mass is 343 g/mol. The standard InChI is InChI=1S/C18H14FNO3S/c1-22-15-8-6-12(10-13(15)19)7-9-18(21)23-11-17-20-14-4-2-3-5-16(14)24-17/h2-10H,11H2,1H3/b9-7+. The van der Waals surface area contributed by atoms with Gasteiger partial charge in [-0.3, -0.25) is 0 Å². The summed E-state index contributed by atoms with van der Waals surface area (Å²) in [6.45, 7) is 0.111. The summed E-state index contributed by atoms with van der Waals surface area (Å²) in [4.78, 5) is 16.1. The number of rotatable bonds is 5. The molecule has 0 aliphatic rings. The summed E-state index contributed by atoms with van der Waals surface area (Å²) >= 11 is 1.48. The smallest absolute Gasteiger partial charge is 0.331 e. The molecule has 4 nitrogen and oxygen atoms in total. The van der Waals surface area contributed by atoms with Gasteiger partial charge >= 0.3 is 5.97 Å². The zero-order valence-corrected chi connectivity index (χ0v) is 13.7. The Morgan fingerprint density at radius 2 is 2.12 bits per heavy atom. The number of fused-ring (bicyclic) bond motifs is 1. The van der Waals surface area contributed by atoms with E-state index in [1.807, 2.05) is 24.3 Å². The summed E-state index contributed by atoms with van der Waals surface area (Å²) in [6.07, 6.45) is 2.75. The van der Waals surface area contributed by atoms with Crippen LogP contribution in [0.25, 0.3) is 16.3 Å². The summed E-state index contributed by atoms with van der Waals surface area (Å²) in [6, 6.07) is 12.2. The van der Waals surface area contributed by atoms with Crippen LogP contribution in [0.1, 0.15) is 10.6 Å². The van der Waals surface area contributed by atoms with Crippen molar-refractivity contribution in [2.24, 2.45) is 0 Å². The number of carbonyl (C=O) groups excluding carboxylic acids is 1. The van der Waals surface area contributed by atoms with Crippen molar-refractivity contribution in [3.63, 3.8) is 0 Å². The van der Waals surface area contributed by atoms with Crippen LogP contribution in [0.15, 0.2) is 48.5 Å². The third kappa shape index (κ3) is 3.78. The average molecular weight is 343 g/mol. The maximum Gasteiger partial charge on any atom is 0.331 e. The first-order chi connectivity index (χ1) is 11.7. The fraction of sp³-hybridized carbons (Fsp3) is 0.111. The summed E-state index contributed by atoms with van der Waals surface area (Å²) in [7, 11) is 1.40. The fourth-order valence-corrected chi connectivity index (χ4v) is 2.99. The van der Waals surface area contributed by atoms with Crippen molar-refractivity contribution in [1.82, 2.24) is 4.98 Å². The summed E-state index contributed by atoms with van der Waals surface area (Å²) < 4.78 is 24.6. The maximum atomic E-state index is 13.6. The van der Waals surface area contributed by atoms with Crippen molar-refractivity contribution in [2.75, 3.05) is 7.11 Å². The summed E-state index contributed by atoms with van der Waals surface area (Å²) in [5.41, 5.74) is 1.43. The van der Waals surface area contributed by atoms with Gasteiger partial charge in [-0.1, -0.05) is 18.2 Å². The quantitative estimate of drug-likeness (QED) is 0.514. The molecule has 6 heteroatoms. The molecule has 0 fully saturated rings. The number of benzene rings is 2. The molecule has 0 radical (unpaired) electrons. The van der Waals surface area contributed by atoms with Gasteiger partial charge < -0.3 is 9.47 Å². The number of ether oxygens (including phenoxy) is 2. The minimum Gasteiger partial charge on any atom is -0.494 e. The van der Waals surface area contributed by atoms with Crippen LogP contribution >= 0.6 is 11.3 Å². The van der Waals surface area contributed by atoms with Crippen molar-refractivity contribution in [1.29, 1.82) is 0 Å². The lowest BCUT2D eigenvalue weighted by Gasteiger charge is -2.02. The largest absolute Gasteiger partial charge is 0.494 e. The van der Waals surface area contributed by atoms with Crippen LogP contribution in [-0.2, 0) is 16.1 Å². The second-order valence-electron chi connectivity index (χ2n) is 4.91. The van der Waals surface area contributed by atoms with Crippen LogP contribution < -0.4 is 4.74 Å². The van der Waals surface area contributed by atoms with Crippen LogP contribution in [0.3, 0.4) is 0 Å². The molecular formula is C18H14FNO3S. The number of aromatic nitrogens is 1. The highest BCUT2D eigenvalue weighted by atomic mass is 32.1. The normalized spacial score (nSPS) is 11.1. The van der Waals surface area contributed by atoms with Gasteiger partial charge in [-0.25, -0.2) is 14.2 Å². The molecule has 24 heavy (non-hydrogen) atoms. The number of hydrogen-bond donors (Lipinski definition) is 0. The molecule has 3 aromatic rings. The molecule has 122 valence electrons. The minimum atomic E-state index is -0.509. The SMILES string of the molecule is COc1ccc(/C=C/C(=O)OCc2nc3ccccc3s2)cc1F. The first-order valence-corrected chi connectivity index (χ1v) is 8.00. The predicted octanol–water partition coefficient (Wildman–Crippen LogP) is 4.20. The van der Waals surface area contributed by atoms with E-state index in [4.69, 9.17) is 9.47 Å². The van der Waals surface area contributed by atoms with Gasteiger partial charge in [0.1, 0.15) is 11.6 Å². The number of thiazole rings is 1. The Morgan fingerprint density at radius 1 is 1.29 bits per heavy atom. The molecule has 1 aromatic heterocycles. The van der Waals surface area contributed by atoms with Crippen LogP contribution in [-0.4, -0.2) is 18.1 Å². The zero-order valence-electron chi connectivity index (χ0n) is 12.9. The lowest BCUT2D eigenvalue weighted by atomic mass is 10.2. The molecule has 0 unspecified atom stereocenters. The first-order valence-electron chi connectivity index (χ1n) is 7.18. The lowest BCUT2D eigenvalue weighted by Crippen LogP contribution is -2.00. The number of halogens is 1. The van der Waals surface area contributed by atoms with Gasteiger partial charge in [0.2, 0.25) is 0 Å². The Hall–Kier alpha value is -2.73. The van der Waals surface area contributed by atoms with E-state index in [1.54, 1.807) is 6.07 Å². The van der Waals surface area contributed by atoms with Gasteiger partial charge in [-0.05, 0) is 35.9 Å². The Balaban J connectivity index is 1.59. The number of hydrogen-bond acceptors (Lipinski definition) is 5. The molecular weight excluding hydrogens is 329 g/mol. The molecule has 0 aliphatic carbocycles.